The fourth-order valence-corrected chi connectivity index (χ4v) is 4.30. The van der Waals surface area contributed by atoms with Crippen LogP contribution in [0.25, 0.3) is 33.3 Å². The van der Waals surface area contributed by atoms with Gasteiger partial charge in [0.15, 0.2) is 0 Å². The molecule has 150 valence electrons. The van der Waals surface area contributed by atoms with Crippen LogP contribution in [0.15, 0.2) is 72.8 Å². The summed E-state index contributed by atoms with van der Waals surface area (Å²) in [6, 6.07) is 24.0. The minimum absolute atomic E-state index is 0.0585. The Bertz CT molecular complexity index is 1220. The van der Waals surface area contributed by atoms with Crippen LogP contribution >= 0.6 is 0 Å². The molecule has 0 amide bonds. The number of carbonyl (C=O) groups is 1. The molecule has 4 aromatic rings. The topological polar surface area (TPSA) is 62.5 Å². The lowest BCUT2D eigenvalue weighted by Crippen LogP contribution is -2.06. The maximum Gasteiger partial charge on any atom is 0.305 e. The van der Waals surface area contributed by atoms with E-state index in [1.165, 1.54) is 18.4 Å². The van der Waals surface area contributed by atoms with Crippen molar-refractivity contribution in [1.29, 1.82) is 0 Å². The molecule has 0 saturated heterocycles. The van der Waals surface area contributed by atoms with Crippen LogP contribution in [0.4, 0.5) is 0 Å². The normalized spacial score (nSPS) is 13.6. The molecule has 0 radical (unpaired) electrons. The minimum Gasteiger partial charge on any atom is -0.508 e. The van der Waals surface area contributed by atoms with E-state index in [0.29, 0.717) is 12.5 Å². The maximum atomic E-state index is 11.4. The molecule has 5 rings (SSSR count). The van der Waals surface area contributed by atoms with Gasteiger partial charge in [0.05, 0.1) is 12.1 Å². The zero-order valence-electron chi connectivity index (χ0n) is 16.6. The standard InChI is InChI=1S/C26H23NO3/c28-21-11-8-18(9-12-21)25-22-16-20(17-6-7-17)10-13-23(22)27(15-14-24(29)30)26(25)19-4-2-1-3-5-19/h1-5,8-13,16-17,28H,6-7,14-15H2,(H,29,30). The van der Waals surface area contributed by atoms with Crippen LogP contribution < -0.4 is 0 Å². The molecule has 4 nitrogen and oxygen atoms in total. The summed E-state index contributed by atoms with van der Waals surface area (Å²) in [5.74, 6) is 0.0505. The fraction of sp³-hybridized carbons (Fsp3) is 0.192. The van der Waals surface area contributed by atoms with Crippen molar-refractivity contribution in [3.05, 3.63) is 78.4 Å². The van der Waals surface area contributed by atoms with E-state index in [9.17, 15) is 15.0 Å². The molecule has 0 bridgehead atoms. The van der Waals surface area contributed by atoms with E-state index in [4.69, 9.17) is 0 Å². The van der Waals surface area contributed by atoms with Crippen molar-refractivity contribution in [2.75, 3.05) is 0 Å². The quantitative estimate of drug-likeness (QED) is 0.417. The summed E-state index contributed by atoms with van der Waals surface area (Å²) in [5, 5.41) is 20.3. The van der Waals surface area contributed by atoms with Crippen molar-refractivity contribution in [1.82, 2.24) is 4.57 Å². The lowest BCUT2D eigenvalue weighted by atomic mass is 9.97. The largest absolute Gasteiger partial charge is 0.508 e. The Hall–Kier alpha value is -3.53. The predicted molar refractivity (Wildman–Crippen MR) is 119 cm³/mol. The minimum atomic E-state index is -0.809. The van der Waals surface area contributed by atoms with Gasteiger partial charge < -0.3 is 14.8 Å². The second-order valence-electron chi connectivity index (χ2n) is 7.98. The summed E-state index contributed by atoms with van der Waals surface area (Å²) in [6.07, 6.45) is 2.51. The number of carboxylic acid groups (broad SMARTS) is 1. The van der Waals surface area contributed by atoms with Gasteiger partial charge in [0.2, 0.25) is 0 Å². The second kappa shape index (κ2) is 7.38. The first-order valence-electron chi connectivity index (χ1n) is 10.3. The molecule has 2 N–H and O–H groups in total. The van der Waals surface area contributed by atoms with Gasteiger partial charge in [0.1, 0.15) is 5.75 Å². The first kappa shape index (κ1) is 18.5. The number of carboxylic acids is 1. The summed E-state index contributed by atoms with van der Waals surface area (Å²) >= 11 is 0. The van der Waals surface area contributed by atoms with Gasteiger partial charge in [-0.3, -0.25) is 4.79 Å². The predicted octanol–water partition coefficient (Wildman–Crippen LogP) is 6.03. The van der Waals surface area contributed by atoms with Gasteiger partial charge in [-0.15, -0.1) is 0 Å². The molecule has 3 aromatic carbocycles. The molecule has 1 fully saturated rings. The molecule has 1 aromatic heterocycles. The average molecular weight is 397 g/mol. The number of phenols is 1. The van der Waals surface area contributed by atoms with Crippen molar-refractivity contribution < 1.29 is 15.0 Å². The highest BCUT2D eigenvalue weighted by molar-refractivity contribution is 6.05. The summed E-state index contributed by atoms with van der Waals surface area (Å²) in [6.45, 7) is 0.400. The van der Waals surface area contributed by atoms with Gasteiger partial charge in [-0.25, -0.2) is 0 Å². The number of fused-ring (bicyclic) bond motifs is 1. The van der Waals surface area contributed by atoms with Gasteiger partial charge in [-0.1, -0.05) is 48.5 Å². The van der Waals surface area contributed by atoms with E-state index < -0.39 is 5.97 Å². The van der Waals surface area contributed by atoms with Crippen LogP contribution in [0.1, 0.15) is 30.7 Å². The van der Waals surface area contributed by atoms with E-state index in [0.717, 1.165) is 33.3 Å². The van der Waals surface area contributed by atoms with Crippen molar-refractivity contribution >= 4 is 16.9 Å². The molecular weight excluding hydrogens is 374 g/mol. The summed E-state index contributed by atoms with van der Waals surface area (Å²) in [7, 11) is 0. The third-order valence-electron chi connectivity index (χ3n) is 5.89. The number of aliphatic carboxylic acids is 1. The number of aromatic hydroxyl groups is 1. The number of nitrogens with zero attached hydrogens (tertiary/aromatic N) is 1. The number of aromatic nitrogens is 1. The Morgan fingerprint density at radius 1 is 0.933 bits per heavy atom. The Morgan fingerprint density at radius 2 is 1.67 bits per heavy atom. The Balaban J connectivity index is 1.83. The van der Waals surface area contributed by atoms with Crippen LogP contribution in [0.3, 0.4) is 0 Å². The van der Waals surface area contributed by atoms with E-state index >= 15 is 0 Å². The molecule has 0 atom stereocenters. The number of benzene rings is 3. The van der Waals surface area contributed by atoms with E-state index in [-0.39, 0.29) is 12.2 Å². The molecule has 1 heterocycles. The summed E-state index contributed by atoms with van der Waals surface area (Å²) in [4.78, 5) is 11.4. The first-order chi connectivity index (χ1) is 14.6. The molecular formula is C26H23NO3. The number of phenolic OH excluding ortho intramolecular Hbond substituents is 1. The second-order valence-corrected chi connectivity index (χ2v) is 7.98. The van der Waals surface area contributed by atoms with Crippen LogP contribution in [0.2, 0.25) is 0 Å². The van der Waals surface area contributed by atoms with Crippen LogP contribution in [0.5, 0.6) is 5.75 Å². The number of hydrogen-bond acceptors (Lipinski definition) is 2. The first-order valence-corrected chi connectivity index (χ1v) is 10.3. The number of aryl methyl sites for hydroxylation is 1. The molecule has 1 aliphatic carbocycles. The Kier molecular flexibility index (Phi) is 4.55. The van der Waals surface area contributed by atoms with Gasteiger partial charge in [-0.2, -0.15) is 0 Å². The zero-order chi connectivity index (χ0) is 20.7. The SMILES string of the molecule is O=C(O)CCn1c(-c2ccccc2)c(-c2ccc(O)cc2)c2cc(C3CC3)ccc21. The molecule has 0 aliphatic heterocycles. The summed E-state index contributed by atoms with van der Waals surface area (Å²) < 4.78 is 2.14. The van der Waals surface area contributed by atoms with Crippen molar-refractivity contribution in [2.45, 2.75) is 31.7 Å². The number of rotatable bonds is 6. The Labute approximate surface area is 175 Å². The van der Waals surface area contributed by atoms with Crippen LogP contribution in [-0.2, 0) is 11.3 Å². The molecule has 30 heavy (non-hydrogen) atoms. The van der Waals surface area contributed by atoms with Gasteiger partial charge in [-0.05, 0) is 59.7 Å². The smallest absolute Gasteiger partial charge is 0.305 e. The van der Waals surface area contributed by atoms with Gasteiger partial charge in [0.25, 0.3) is 0 Å². The van der Waals surface area contributed by atoms with Crippen molar-refractivity contribution in [3.8, 4) is 28.1 Å². The van der Waals surface area contributed by atoms with E-state index in [1.807, 2.05) is 30.3 Å². The molecule has 0 spiro atoms. The summed E-state index contributed by atoms with van der Waals surface area (Å²) in [5.41, 5.74) is 6.56. The molecule has 1 aliphatic rings. The average Bonchev–Trinajstić information content (AvgIpc) is 3.56. The lowest BCUT2D eigenvalue weighted by Gasteiger charge is -2.12. The maximum absolute atomic E-state index is 11.4. The van der Waals surface area contributed by atoms with Crippen LogP contribution in [0, 0.1) is 0 Å². The Morgan fingerprint density at radius 3 is 2.33 bits per heavy atom. The molecule has 1 saturated carbocycles. The third kappa shape index (κ3) is 3.35. The van der Waals surface area contributed by atoms with Gasteiger partial charge in [0, 0.05) is 23.0 Å². The van der Waals surface area contributed by atoms with E-state index in [2.05, 4.69) is 34.9 Å². The fourth-order valence-electron chi connectivity index (χ4n) is 4.30. The van der Waals surface area contributed by atoms with Crippen LogP contribution in [-0.4, -0.2) is 20.7 Å². The lowest BCUT2D eigenvalue weighted by molar-refractivity contribution is -0.137. The zero-order valence-corrected chi connectivity index (χ0v) is 16.6. The van der Waals surface area contributed by atoms with Crippen molar-refractivity contribution in [3.63, 3.8) is 0 Å². The third-order valence-corrected chi connectivity index (χ3v) is 5.89. The highest BCUT2D eigenvalue weighted by Gasteiger charge is 2.26. The monoisotopic (exact) mass is 397 g/mol. The molecule has 4 heteroatoms. The van der Waals surface area contributed by atoms with E-state index in [1.54, 1.807) is 12.1 Å². The van der Waals surface area contributed by atoms with Gasteiger partial charge >= 0.3 is 5.97 Å². The van der Waals surface area contributed by atoms with Crippen molar-refractivity contribution in [2.24, 2.45) is 0 Å². The highest BCUT2D eigenvalue weighted by Crippen LogP contribution is 2.45. The number of hydrogen-bond donors (Lipinski definition) is 2. The molecule has 0 unspecified atom stereocenters. The highest BCUT2D eigenvalue weighted by atomic mass is 16.4.